The Bertz CT molecular complexity index is 230. The van der Waals surface area contributed by atoms with E-state index in [2.05, 4.69) is 48.5 Å². The van der Waals surface area contributed by atoms with Crippen molar-refractivity contribution >= 4 is 8.07 Å². The average molecular weight is 270 g/mol. The monoisotopic (exact) mass is 269 g/mol. The van der Waals surface area contributed by atoms with Gasteiger partial charge in [-0.1, -0.05) is 48.5 Å². The zero-order valence-corrected chi connectivity index (χ0v) is 14.4. The van der Waals surface area contributed by atoms with Gasteiger partial charge in [0.15, 0.2) is 0 Å². The Morgan fingerprint density at radius 1 is 1.00 bits per heavy atom. The van der Waals surface area contributed by atoms with Crippen molar-refractivity contribution < 1.29 is 4.74 Å². The van der Waals surface area contributed by atoms with Crippen LogP contribution in [-0.2, 0) is 4.74 Å². The summed E-state index contributed by atoms with van der Waals surface area (Å²) in [6.07, 6.45) is 4.78. The van der Waals surface area contributed by atoms with E-state index >= 15 is 0 Å². The maximum atomic E-state index is 6.46. The summed E-state index contributed by atoms with van der Waals surface area (Å²) >= 11 is 0. The molecule has 1 heterocycles. The largest absolute Gasteiger partial charge is 0.378 e. The molecule has 0 N–H and O–H groups in total. The smallest absolute Gasteiger partial charge is 0.0990 e. The standard InChI is InChI=1S/C16H33OSi/c1-8-16(11-9-10-12-17-16)18(13(2)3,14(4)5)15(6)7/h13-15H,1,8-12H2,2-7H3. The lowest BCUT2D eigenvalue weighted by molar-refractivity contribution is -0.0287. The SMILES string of the molecule is [CH2]CC1([Si](C(C)C)(C(C)C)C(C)C)CCCCO1. The molecule has 1 aliphatic heterocycles. The topological polar surface area (TPSA) is 9.23 Å². The van der Waals surface area contributed by atoms with Crippen molar-refractivity contribution in [1.82, 2.24) is 0 Å². The Labute approximate surface area is 116 Å². The molecule has 0 aromatic rings. The third kappa shape index (κ3) is 2.31. The molecule has 1 fully saturated rings. The highest BCUT2D eigenvalue weighted by molar-refractivity contribution is 6.86. The molecule has 1 radical (unpaired) electrons. The van der Waals surface area contributed by atoms with Crippen LogP contribution < -0.4 is 0 Å². The zero-order chi connectivity index (χ0) is 14.0. The third-order valence-corrected chi connectivity index (χ3v) is 13.4. The first-order valence-corrected chi connectivity index (χ1v) is 10.0. The van der Waals surface area contributed by atoms with Gasteiger partial charge in [0.25, 0.3) is 0 Å². The highest BCUT2D eigenvalue weighted by atomic mass is 28.3. The normalized spacial score (nSPS) is 26.3. The Morgan fingerprint density at radius 3 is 1.78 bits per heavy atom. The van der Waals surface area contributed by atoms with Crippen molar-refractivity contribution in [3.8, 4) is 0 Å². The minimum Gasteiger partial charge on any atom is -0.378 e. The van der Waals surface area contributed by atoms with Gasteiger partial charge in [0.2, 0.25) is 0 Å². The summed E-state index contributed by atoms with van der Waals surface area (Å²) in [6.45, 7) is 19.9. The molecule has 0 aromatic carbocycles. The van der Waals surface area contributed by atoms with E-state index in [1.807, 2.05) is 0 Å². The number of hydrogen-bond donors (Lipinski definition) is 0. The zero-order valence-electron chi connectivity index (χ0n) is 13.4. The van der Waals surface area contributed by atoms with E-state index in [9.17, 15) is 0 Å². The lowest BCUT2D eigenvalue weighted by Gasteiger charge is -2.57. The second-order valence-electron chi connectivity index (χ2n) is 6.95. The van der Waals surface area contributed by atoms with Crippen LogP contribution in [0.1, 0.15) is 67.2 Å². The first kappa shape index (κ1) is 16.2. The van der Waals surface area contributed by atoms with E-state index in [1.165, 1.54) is 19.3 Å². The van der Waals surface area contributed by atoms with Gasteiger partial charge in [-0.15, -0.1) is 0 Å². The molecule has 0 aromatic heterocycles. The summed E-state index contributed by atoms with van der Waals surface area (Å²) in [5.41, 5.74) is 2.28. The predicted molar refractivity (Wildman–Crippen MR) is 83.6 cm³/mol. The minimum atomic E-state index is -1.56. The van der Waals surface area contributed by atoms with E-state index in [4.69, 9.17) is 4.74 Å². The van der Waals surface area contributed by atoms with E-state index in [0.717, 1.165) is 29.7 Å². The van der Waals surface area contributed by atoms with Crippen molar-refractivity contribution in [3.05, 3.63) is 6.92 Å². The van der Waals surface area contributed by atoms with Crippen LogP contribution >= 0.6 is 0 Å². The average Bonchev–Trinajstić information content (AvgIpc) is 2.29. The highest BCUT2D eigenvalue weighted by Gasteiger charge is 2.58. The molecule has 1 unspecified atom stereocenters. The molecule has 0 aliphatic carbocycles. The van der Waals surface area contributed by atoms with Crippen LogP contribution in [-0.4, -0.2) is 19.9 Å². The Hall–Kier alpha value is 0.177. The summed E-state index contributed by atoms with van der Waals surface area (Å²) in [5, 5.41) is 0.127. The van der Waals surface area contributed by atoms with Crippen LogP contribution in [0.4, 0.5) is 0 Å². The molecule has 1 aliphatic rings. The van der Waals surface area contributed by atoms with Gasteiger partial charge in [0.1, 0.15) is 0 Å². The molecule has 1 atom stereocenters. The molecule has 1 saturated heterocycles. The molecule has 1 nitrogen and oxygen atoms in total. The predicted octanol–water partition coefficient (Wildman–Crippen LogP) is 5.37. The van der Waals surface area contributed by atoms with Crippen LogP contribution in [0.2, 0.25) is 16.6 Å². The second-order valence-corrected chi connectivity index (χ2v) is 13.2. The fourth-order valence-corrected chi connectivity index (χ4v) is 13.7. The number of rotatable bonds is 5. The van der Waals surface area contributed by atoms with E-state index < -0.39 is 8.07 Å². The van der Waals surface area contributed by atoms with Crippen molar-refractivity contribution in [2.75, 3.05) is 6.61 Å². The molecular formula is C16H33OSi. The van der Waals surface area contributed by atoms with E-state index in [0.29, 0.717) is 0 Å². The summed E-state index contributed by atoms with van der Waals surface area (Å²) in [7, 11) is -1.56. The molecule has 18 heavy (non-hydrogen) atoms. The van der Waals surface area contributed by atoms with Crippen LogP contribution in [0.3, 0.4) is 0 Å². The number of hydrogen-bond acceptors (Lipinski definition) is 1. The maximum Gasteiger partial charge on any atom is 0.0990 e. The molecule has 0 saturated carbocycles. The van der Waals surface area contributed by atoms with Gasteiger partial charge in [-0.2, -0.15) is 0 Å². The Morgan fingerprint density at radius 2 is 1.50 bits per heavy atom. The van der Waals surface area contributed by atoms with Gasteiger partial charge in [-0.25, -0.2) is 0 Å². The van der Waals surface area contributed by atoms with Crippen LogP contribution in [0, 0.1) is 6.92 Å². The van der Waals surface area contributed by atoms with Crippen molar-refractivity contribution in [2.45, 2.75) is 89.1 Å². The first-order valence-electron chi connectivity index (χ1n) is 7.78. The number of ether oxygens (including phenoxy) is 1. The van der Waals surface area contributed by atoms with Crippen molar-refractivity contribution in [3.63, 3.8) is 0 Å². The molecule has 2 heteroatoms. The minimum absolute atomic E-state index is 0.127. The summed E-state index contributed by atoms with van der Waals surface area (Å²) in [5.74, 6) is 0. The van der Waals surface area contributed by atoms with Gasteiger partial charge in [-0.3, -0.25) is 0 Å². The molecule has 1 rings (SSSR count). The summed E-state index contributed by atoms with van der Waals surface area (Å²) < 4.78 is 6.46. The second kappa shape index (κ2) is 6.09. The lowest BCUT2D eigenvalue weighted by Crippen LogP contribution is -2.66. The lowest BCUT2D eigenvalue weighted by atomic mass is 10.1. The van der Waals surface area contributed by atoms with Crippen LogP contribution in [0.25, 0.3) is 0 Å². The van der Waals surface area contributed by atoms with Crippen molar-refractivity contribution in [1.29, 1.82) is 0 Å². The van der Waals surface area contributed by atoms with Gasteiger partial charge >= 0.3 is 0 Å². The van der Waals surface area contributed by atoms with E-state index in [-0.39, 0.29) is 5.22 Å². The third-order valence-electron chi connectivity index (χ3n) is 5.41. The maximum absolute atomic E-state index is 6.46. The Balaban J connectivity index is 3.29. The first-order chi connectivity index (χ1) is 8.35. The van der Waals surface area contributed by atoms with E-state index in [1.54, 1.807) is 0 Å². The van der Waals surface area contributed by atoms with Crippen molar-refractivity contribution in [2.24, 2.45) is 0 Å². The van der Waals surface area contributed by atoms with Gasteiger partial charge in [0.05, 0.1) is 13.3 Å². The molecule has 0 amide bonds. The summed E-state index contributed by atoms with van der Waals surface area (Å²) in [4.78, 5) is 0. The molecule has 107 valence electrons. The fourth-order valence-electron chi connectivity index (χ4n) is 5.19. The molecular weight excluding hydrogens is 236 g/mol. The Kier molecular flexibility index (Phi) is 5.49. The van der Waals surface area contributed by atoms with Crippen LogP contribution in [0.5, 0.6) is 0 Å². The molecule has 0 bridgehead atoms. The summed E-state index contributed by atoms with van der Waals surface area (Å²) in [6, 6.07) is 0. The quantitative estimate of drug-likeness (QED) is 0.610. The van der Waals surface area contributed by atoms with Gasteiger partial charge in [0, 0.05) is 6.61 Å². The van der Waals surface area contributed by atoms with Gasteiger partial charge < -0.3 is 4.74 Å². The molecule has 0 spiro atoms. The fraction of sp³-hybridized carbons (Fsp3) is 0.938. The highest BCUT2D eigenvalue weighted by Crippen LogP contribution is 2.53. The van der Waals surface area contributed by atoms with Crippen LogP contribution in [0.15, 0.2) is 0 Å². The van der Waals surface area contributed by atoms with Gasteiger partial charge in [-0.05, 0) is 42.3 Å².